The van der Waals surface area contributed by atoms with E-state index in [4.69, 9.17) is 0 Å². The number of rotatable bonds is 5. The number of fused-ring (bicyclic) bond motifs is 8. The van der Waals surface area contributed by atoms with Crippen LogP contribution in [0.1, 0.15) is 36.1 Å². The maximum atomic E-state index is 2.58. The third kappa shape index (κ3) is 4.67. The minimum absolute atomic E-state index is 0.233. The molecule has 0 unspecified atom stereocenters. The molecule has 1 nitrogen and oxygen atoms in total. The van der Waals surface area contributed by atoms with Crippen LogP contribution >= 0.6 is 0 Å². The van der Waals surface area contributed by atoms with E-state index in [0.29, 0.717) is 0 Å². The van der Waals surface area contributed by atoms with Crippen LogP contribution in [-0.2, 0) is 5.41 Å². The molecular weight excluding hydrogens is 675 g/mol. The van der Waals surface area contributed by atoms with E-state index in [1.54, 1.807) is 0 Å². The Labute approximate surface area is 329 Å². The number of nitrogens with zero attached hydrogens (tertiary/aromatic N) is 1. The predicted molar refractivity (Wildman–Crippen MR) is 238 cm³/mol. The molecule has 56 heavy (non-hydrogen) atoms. The molecule has 0 fully saturated rings. The molecule has 0 bridgehead atoms. The molecule has 11 rings (SSSR count). The van der Waals surface area contributed by atoms with Gasteiger partial charge in [0.05, 0.1) is 0 Å². The van der Waals surface area contributed by atoms with Gasteiger partial charge in [-0.2, -0.15) is 0 Å². The zero-order chi connectivity index (χ0) is 37.7. The number of para-hydroxylation sites is 2. The maximum absolute atomic E-state index is 2.58. The van der Waals surface area contributed by atoms with Crippen molar-refractivity contribution >= 4 is 38.6 Å². The maximum Gasteiger partial charge on any atom is 0.0465 e. The molecule has 0 heterocycles. The monoisotopic (exact) mass is 715 g/mol. The Bertz CT molecular complexity index is 3020. The van der Waals surface area contributed by atoms with Crippen LogP contribution in [0.4, 0.5) is 17.1 Å². The summed E-state index contributed by atoms with van der Waals surface area (Å²) in [4.78, 5) is 2.38. The highest BCUT2D eigenvalue weighted by molar-refractivity contribution is 6.29. The van der Waals surface area contributed by atoms with Crippen LogP contribution in [0.3, 0.4) is 0 Å². The highest BCUT2D eigenvalue weighted by Gasteiger charge is 2.40. The average Bonchev–Trinajstić information content (AvgIpc) is 3.66. The van der Waals surface area contributed by atoms with Crippen LogP contribution in [0.5, 0.6) is 0 Å². The Morgan fingerprint density at radius 3 is 1.48 bits per heavy atom. The van der Waals surface area contributed by atoms with Crippen molar-refractivity contribution in [2.75, 3.05) is 4.90 Å². The molecule has 9 aromatic carbocycles. The van der Waals surface area contributed by atoms with Crippen LogP contribution in [0.15, 0.2) is 176 Å². The third-order valence-corrected chi connectivity index (χ3v) is 12.4. The smallest absolute Gasteiger partial charge is 0.0465 e. The Morgan fingerprint density at radius 2 is 0.893 bits per heavy atom. The third-order valence-electron chi connectivity index (χ3n) is 12.4. The summed E-state index contributed by atoms with van der Waals surface area (Å²) < 4.78 is 0. The molecule has 0 amide bonds. The first kappa shape index (κ1) is 32.7. The van der Waals surface area contributed by atoms with Gasteiger partial charge in [-0.1, -0.05) is 158 Å². The van der Waals surface area contributed by atoms with Gasteiger partial charge in [-0.25, -0.2) is 0 Å². The minimum atomic E-state index is -0.233. The summed E-state index contributed by atoms with van der Waals surface area (Å²) in [6, 6.07) is 65.5. The summed E-state index contributed by atoms with van der Waals surface area (Å²) in [5.41, 5.74) is 21.8. The Hall–Kier alpha value is -6.70. The molecule has 266 valence electrons. The fraction of sp³-hybridized carbons (Fsp3) is 0.0909. The van der Waals surface area contributed by atoms with Crippen LogP contribution in [-0.4, -0.2) is 0 Å². The normalized spacial score (nSPS) is 13.1. The molecule has 0 saturated carbocycles. The quantitative estimate of drug-likeness (QED) is 0.171. The Balaban J connectivity index is 1.21. The lowest BCUT2D eigenvalue weighted by Gasteiger charge is -2.28. The molecule has 2 aliphatic rings. The molecule has 0 saturated heterocycles. The molecule has 0 N–H and O–H groups in total. The zero-order valence-corrected chi connectivity index (χ0v) is 32.2. The number of anilines is 3. The number of aryl methyl sites for hydroxylation is 2. The standard InChI is InChI=1S/C55H41N/c1-34-16-13-18-36(30-34)49-41-24-11-12-25-42(41)50(37-19-14-17-35(2)31-37)54-46-33-48-52(44-26-15-27-45(51(44)46)53(49)54)43-29-28-40(32-47(43)55(48,3)4)56(38-20-7-5-8-21-38)39-22-9-6-10-23-39/h5-33H,1-4H3. The molecule has 0 atom stereocenters. The van der Waals surface area contributed by atoms with E-state index < -0.39 is 0 Å². The fourth-order valence-corrected chi connectivity index (χ4v) is 10.0. The molecular formula is C55H41N. The highest BCUT2D eigenvalue weighted by atomic mass is 15.1. The number of benzene rings is 9. The lowest BCUT2D eigenvalue weighted by molar-refractivity contribution is 0.661. The summed E-state index contributed by atoms with van der Waals surface area (Å²) in [5, 5.41) is 5.29. The van der Waals surface area contributed by atoms with Crippen molar-refractivity contribution in [3.8, 4) is 55.6 Å². The van der Waals surface area contributed by atoms with Gasteiger partial charge in [-0.15, -0.1) is 0 Å². The van der Waals surface area contributed by atoms with Gasteiger partial charge in [-0.3, -0.25) is 0 Å². The van der Waals surface area contributed by atoms with E-state index in [0.717, 1.165) is 11.4 Å². The fourth-order valence-electron chi connectivity index (χ4n) is 10.0. The zero-order valence-electron chi connectivity index (χ0n) is 32.2. The highest BCUT2D eigenvalue weighted by Crippen LogP contribution is 2.62. The summed E-state index contributed by atoms with van der Waals surface area (Å²) in [6.07, 6.45) is 0. The Kier molecular flexibility index (Phi) is 7.10. The first-order valence-corrected chi connectivity index (χ1v) is 19.8. The summed E-state index contributed by atoms with van der Waals surface area (Å²) in [6.45, 7) is 9.27. The van der Waals surface area contributed by atoms with Gasteiger partial charge in [0.25, 0.3) is 0 Å². The summed E-state index contributed by atoms with van der Waals surface area (Å²) in [5.74, 6) is 0. The molecule has 0 spiro atoms. The molecule has 9 aromatic rings. The molecule has 2 aliphatic carbocycles. The molecule has 0 aliphatic heterocycles. The Morgan fingerprint density at radius 1 is 0.357 bits per heavy atom. The van der Waals surface area contributed by atoms with E-state index in [1.165, 1.54) is 105 Å². The van der Waals surface area contributed by atoms with Gasteiger partial charge in [-0.05, 0) is 145 Å². The van der Waals surface area contributed by atoms with E-state index >= 15 is 0 Å². The van der Waals surface area contributed by atoms with Crippen molar-refractivity contribution in [2.45, 2.75) is 33.1 Å². The van der Waals surface area contributed by atoms with Crippen LogP contribution < -0.4 is 4.90 Å². The predicted octanol–water partition coefficient (Wildman–Crippen LogP) is 15.4. The van der Waals surface area contributed by atoms with E-state index in [9.17, 15) is 0 Å². The SMILES string of the molecule is Cc1cccc(-c2c3c(c(-c4cccc(C)c4)c4ccccc24)-c2cc4c(c5cccc-3c25)-c2ccc(N(c3ccccc3)c3ccccc3)cc2C4(C)C)c1. The van der Waals surface area contributed by atoms with Crippen molar-refractivity contribution in [1.82, 2.24) is 0 Å². The van der Waals surface area contributed by atoms with Gasteiger partial charge in [0.2, 0.25) is 0 Å². The first-order chi connectivity index (χ1) is 27.4. The van der Waals surface area contributed by atoms with Crippen LogP contribution in [0.2, 0.25) is 0 Å². The molecule has 0 aromatic heterocycles. The van der Waals surface area contributed by atoms with Crippen molar-refractivity contribution in [1.29, 1.82) is 0 Å². The van der Waals surface area contributed by atoms with Gasteiger partial charge in [0, 0.05) is 22.5 Å². The van der Waals surface area contributed by atoms with Crippen LogP contribution in [0, 0.1) is 13.8 Å². The second kappa shape index (κ2) is 12.2. The van der Waals surface area contributed by atoms with Crippen molar-refractivity contribution in [2.24, 2.45) is 0 Å². The first-order valence-electron chi connectivity index (χ1n) is 19.8. The van der Waals surface area contributed by atoms with Gasteiger partial charge < -0.3 is 4.90 Å². The summed E-state index contributed by atoms with van der Waals surface area (Å²) >= 11 is 0. The molecule has 1 heteroatoms. The number of hydrogen-bond donors (Lipinski definition) is 0. The van der Waals surface area contributed by atoms with Crippen LogP contribution in [0.25, 0.3) is 77.2 Å². The van der Waals surface area contributed by atoms with E-state index in [1.807, 2.05) is 0 Å². The van der Waals surface area contributed by atoms with Gasteiger partial charge >= 0.3 is 0 Å². The lowest BCUT2D eigenvalue weighted by Crippen LogP contribution is -2.16. The second-order valence-electron chi connectivity index (χ2n) is 16.2. The van der Waals surface area contributed by atoms with Crippen molar-refractivity contribution in [3.63, 3.8) is 0 Å². The van der Waals surface area contributed by atoms with Gasteiger partial charge in [0.1, 0.15) is 0 Å². The van der Waals surface area contributed by atoms with Gasteiger partial charge in [0.15, 0.2) is 0 Å². The average molecular weight is 716 g/mol. The largest absolute Gasteiger partial charge is 0.310 e. The summed E-state index contributed by atoms with van der Waals surface area (Å²) in [7, 11) is 0. The number of hydrogen-bond acceptors (Lipinski definition) is 1. The van der Waals surface area contributed by atoms with E-state index in [2.05, 4.69) is 209 Å². The van der Waals surface area contributed by atoms with Crippen molar-refractivity contribution in [3.05, 3.63) is 198 Å². The topological polar surface area (TPSA) is 3.24 Å². The van der Waals surface area contributed by atoms with Crippen molar-refractivity contribution < 1.29 is 0 Å². The lowest BCUT2D eigenvalue weighted by atomic mass is 9.79. The van der Waals surface area contributed by atoms with E-state index in [-0.39, 0.29) is 5.41 Å². The molecule has 0 radical (unpaired) electrons. The minimum Gasteiger partial charge on any atom is -0.310 e. The second-order valence-corrected chi connectivity index (χ2v) is 16.2.